The van der Waals surface area contributed by atoms with Crippen molar-refractivity contribution in [2.45, 2.75) is 6.54 Å². The number of nitrogens with two attached hydrogens (primary N) is 1. The number of carbonyl (C=O) groups is 1. The number of amides is 1. The monoisotopic (exact) mass is 551 g/mol. The number of benzene rings is 2. The first-order valence-electron chi connectivity index (χ1n) is 11.3. The highest BCUT2D eigenvalue weighted by Crippen LogP contribution is 2.52. The molecule has 3 heterocycles. The lowest BCUT2D eigenvalue weighted by Gasteiger charge is -2.25. The van der Waals surface area contributed by atoms with Crippen molar-refractivity contribution < 1.29 is 23.7 Å². The summed E-state index contributed by atoms with van der Waals surface area (Å²) in [5, 5.41) is 20.7. The second kappa shape index (κ2) is 10.3. The van der Waals surface area contributed by atoms with Crippen LogP contribution in [0.2, 0.25) is 0 Å². The van der Waals surface area contributed by atoms with E-state index in [9.17, 15) is 19.3 Å². The van der Waals surface area contributed by atoms with E-state index in [4.69, 9.17) is 15.0 Å². The lowest BCUT2D eigenvalue weighted by molar-refractivity contribution is -0.119. The van der Waals surface area contributed by atoms with Crippen molar-refractivity contribution in [1.82, 2.24) is 9.78 Å². The molecule has 4 aromatic rings. The second-order valence-corrected chi connectivity index (χ2v) is 11.2. The number of anilines is 1. The predicted octanol–water partition coefficient (Wildman–Crippen LogP) is 2.93. The lowest BCUT2D eigenvalue weighted by Crippen LogP contribution is -2.35. The molecule has 38 heavy (non-hydrogen) atoms. The third-order valence-electron chi connectivity index (χ3n) is 5.68. The van der Waals surface area contributed by atoms with Gasteiger partial charge in [0, 0.05) is 7.11 Å². The minimum atomic E-state index is -3.92. The Morgan fingerprint density at radius 1 is 1.18 bits per heavy atom. The van der Waals surface area contributed by atoms with Crippen molar-refractivity contribution in [3.8, 4) is 22.1 Å². The van der Waals surface area contributed by atoms with Gasteiger partial charge in [-0.1, -0.05) is 36.4 Å². The van der Waals surface area contributed by atoms with E-state index in [0.717, 1.165) is 5.56 Å². The first-order chi connectivity index (χ1) is 18.3. The number of nitrogens with one attached hydrogen (secondary N) is 1. The maximum atomic E-state index is 13.8. The standard InChI is InChI=1S/C25H22N5O6PS/c1-35-37(34)18-12-16(36-14-20(26)31)9-10-17(18)27-24(29-37)21-23(32)22(19-8-5-11-38-19)28-30(25(21)33)13-15-6-3-2-4-7-15/h2-12,32H,13-14H2,1H3,(H2,26,31)(H,27,29,34). The topological polar surface area (TPSA) is 158 Å². The quantitative estimate of drug-likeness (QED) is 0.282. The summed E-state index contributed by atoms with van der Waals surface area (Å²) in [5.74, 6) is -0.965. The first kappa shape index (κ1) is 25.4. The van der Waals surface area contributed by atoms with Crippen LogP contribution in [-0.4, -0.2) is 40.3 Å². The number of ether oxygens (including phenoxy) is 1. The molecule has 2 aromatic heterocycles. The smallest absolute Gasteiger partial charge is 0.348 e. The van der Waals surface area contributed by atoms with Crippen LogP contribution in [0.4, 0.5) is 5.69 Å². The van der Waals surface area contributed by atoms with Crippen LogP contribution in [0.3, 0.4) is 0 Å². The molecule has 11 nitrogen and oxygen atoms in total. The number of rotatable bonds is 8. The molecule has 4 N–H and O–H groups in total. The summed E-state index contributed by atoms with van der Waals surface area (Å²) < 4.78 is 30.0. The molecule has 0 aliphatic carbocycles. The van der Waals surface area contributed by atoms with E-state index in [2.05, 4.69) is 15.2 Å². The van der Waals surface area contributed by atoms with E-state index < -0.39 is 24.7 Å². The van der Waals surface area contributed by atoms with Crippen molar-refractivity contribution in [1.29, 1.82) is 0 Å². The molecule has 1 aliphatic heterocycles. The Balaban J connectivity index is 1.65. The maximum Gasteiger partial charge on any atom is 0.348 e. The number of aromatic hydroxyl groups is 1. The highest BCUT2D eigenvalue weighted by atomic mass is 32.1. The van der Waals surface area contributed by atoms with Gasteiger partial charge in [-0.3, -0.25) is 14.2 Å². The van der Waals surface area contributed by atoms with E-state index in [-0.39, 0.29) is 41.3 Å². The van der Waals surface area contributed by atoms with Gasteiger partial charge in [0.15, 0.2) is 18.2 Å². The summed E-state index contributed by atoms with van der Waals surface area (Å²) in [6.07, 6.45) is 0. The number of carbonyl (C=O) groups excluding carboxylic acids is 1. The minimum Gasteiger partial charge on any atom is -0.505 e. The molecule has 1 atom stereocenters. The fraction of sp³-hybridized carbons (Fsp3) is 0.120. The average Bonchev–Trinajstić information content (AvgIpc) is 3.45. The third-order valence-corrected chi connectivity index (χ3v) is 8.50. The van der Waals surface area contributed by atoms with Gasteiger partial charge in [-0.2, -0.15) is 9.86 Å². The zero-order chi connectivity index (χ0) is 26.9. The van der Waals surface area contributed by atoms with Crippen LogP contribution in [0.1, 0.15) is 11.1 Å². The van der Waals surface area contributed by atoms with Gasteiger partial charge in [0.2, 0.25) is 0 Å². The van der Waals surface area contributed by atoms with E-state index >= 15 is 0 Å². The molecule has 5 rings (SSSR count). The Hall–Kier alpha value is -4.25. The number of hydrogen-bond donors (Lipinski definition) is 3. The highest BCUT2D eigenvalue weighted by molar-refractivity contribution is 7.66. The van der Waals surface area contributed by atoms with Gasteiger partial charge < -0.3 is 25.4 Å². The molecule has 2 aromatic carbocycles. The minimum absolute atomic E-state index is 0.127. The fourth-order valence-corrected chi connectivity index (χ4v) is 6.14. The van der Waals surface area contributed by atoms with Crippen molar-refractivity contribution in [2.24, 2.45) is 10.5 Å². The van der Waals surface area contributed by atoms with Gasteiger partial charge in [0.25, 0.3) is 11.5 Å². The molecule has 0 saturated heterocycles. The van der Waals surface area contributed by atoms with Crippen molar-refractivity contribution >= 4 is 41.6 Å². The molecule has 13 heteroatoms. The van der Waals surface area contributed by atoms with Gasteiger partial charge in [-0.15, -0.1) is 11.3 Å². The van der Waals surface area contributed by atoms with Crippen LogP contribution in [0.25, 0.3) is 10.6 Å². The molecular formula is C25H22N5O6PS. The summed E-state index contributed by atoms with van der Waals surface area (Å²) in [4.78, 5) is 25.4. The molecule has 0 fully saturated rings. The van der Waals surface area contributed by atoms with Crippen LogP contribution in [0, 0.1) is 0 Å². The molecule has 0 radical (unpaired) electrons. The molecule has 1 aliphatic rings. The molecule has 1 unspecified atom stereocenters. The Bertz CT molecular complexity index is 1650. The van der Waals surface area contributed by atoms with Crippen molar-refractivity contribution in [2.75, 3.05) is 19.0 Å². The van der Waals surface area contributed by atoms with Crippen LogP contribution >= 0.6 is 18.9 Å². The van der Waals surface area contributed by atoms with Crippen molar-refractivity contribution in [3.63, 3.8) is 0 Å². The van der Waals surface area contributed by atoms with E-state index in [1.54, 1.807) is 18.2 Å². The van der Waals surface area contributed by atoms with Gasteiger partial charge in [-0.25, -0.2) is 4.68 Å². The van der Waals surface area contributed by atoms with Crippen LogP contribution in [-0.2, 0) is 20.4 Å². The Morgan fingerprint density at radius 3 is 2.66 bits per heavy atom. The summed E-state index contributed by atoms with van der Waals surface area (Å²) in [6, 6.07) is 17.4. The summed E-state index contributed by atoms with van der Waals surface area (Å²) >= 11 is 1.34. The first-order valence-corrected chi connectivity index (χ1v) is 13.8. The predicted molar refractivity (Wildman–Crippen MR) is 145 cm³/mol. The molecular weight excluding hydrogens is 529 g/mol. The number of hydrogen-bond acceptors (Lipinski definition) is 9. The zero-order valence-electron chi connectivity index (χ0n) is 20.0. The van der Waals surface area contributed by atoms with Crippen LogP contribution in [0.5, 0.6) is 11.5 Å². The maximum absolute atomic E-state index is 13.8. The van der Waals surface area contributed by atoms with Gasteiger partial charge in [0.1, 0.15) is 17.0 Å². The summed E-state index contributed by atoms with van der Waals surface area (Å²) in [6.45, 7) is -0.229. The average molecular weight is 552 g/mol. The Morgan fingerprint density at radius 2 is 1.97 bits per heavy atom. The lowest BCUT2D eigenvalue weighted by atomic mass is 10.1. The second-order valence-electron chi connectivity index (χ2n) is 8.21. The van der Waals surface area contributed by atoms with Gasteiger partial charge in [0.05, 0.1) is 22.4 Å². The van der Waals surface area contributed by atoms with E-state index in [1.807, 2.05) is 35.7 Å². The molecule has 0 bridgehead atoms. The largest absolute Gasteiger partial charge is 0.505 e. The molecule has 194 valence electrons. The highest BCUT2D eigenvalue weighted by Gasteiger charge is 2.36. The number of thiophene rings is 1. The molecule has 1 amide bonds. The normalized spacial score (nSPS) is 16.3. The van der Waals surface area contributed by atoms with Crippen LogP contribution < -0.4 is 26.7 Å². The van der Waals surface area contributed by atoms with Gasteiger partial charge >= 0.3 is 7.52 Å². The zero-order valence-corrected chi connectivity index (χ0v) is 21.7. The Labute approximate surface area is 220 Å². The number of primary amides is 1. The number of aromatic nitrogens is 2. The molecule has 0 saturated carbocycles. The number of nitrogens with zero attached hydrogens (tertiary/aromatic N) is 3. The number of fused-ring (bicyclic) bond motifs is 1. The van der Waals surface area contributed by atoms with E-state index in [1.165, 1.54) is 35.3 Å². The third kappa shape index (κ3) is 4.84. The van der Waals surface area contributed by atoms with Crippen LogP contribution in [0.15, 0.2) is 75.6 Å². The van der Waals surface area contributed by atoms with E-state index in [0.29, 0.717) is 10.6 Å². The van der Waals surface area contributed by atoms with Crippen molar-refractivity contribution in [3.05, 3.63) is 87.5 Å². The summed E-state index contributed by atoms with van der Waals surface area (Å²) in [7, 11) is -2.70. The Kier molecular flexibility index (Phi) is 6.85. The molecule has 0 spiro atoms. The summed E-state index contributed by atoms with van der Waals surface area (Å²) in [5.41, 5.74) is 5.64. The SMILES string of the molecule is COP1(=O)N=C(c2c(O)c(-c3cccs3)nn(Cc3ccccc3)c2=O)Nc2ccc(OCC(N)=O)cc21. The fourth-order valence-electron chi connectivity index (χ4n) is 3.90. The number of amidine groups is 1. The van der Waals surface area contributed by atoms with Gasteiger partial charge in [-0.05, 0) is 35.2 Å².